The van der Waals surface area contributed by atoms with Gasteiger partial charge in [-0.1, -0.05) is 50.8 Å². The minimum absolute atomic E-state index is 0.0519. The number of ether oxygens (including phenoxy) is 1. The lowest BCUT2D eigenvalue weighted by molar-refractivity contribution is -0.255. The van der Waals surface area contributed by atoms with E-state index in [1.807, 2.05) is 0 Å². The largest absolute Gasteiger partial charge is 0.545 e. The van der Waals surface area contributed by atoms with E-state index in [1.165, 1.54) is 25.0 Å². The molecule has 0 heterocycles. The summed E-state index contributed by atoms with van der Waals surface area (Å²) in [5, 5.41) is 10.9. The first-order valence-electron chi connectivity index (χ1n) is 6.64. The number of hydrogen-bond acceptors (Lipinski definition) is 4. The molecule has 0 aromatic heterocycles. The molecule has 1 rings (SSSR count). The van der Waals surface area contributed by atoms with Gasteiger partial charge in [-0.25, -0.2) is 4.79 Å². The van der Waals surface area contributed by atoms with Gasteiger partial charge in [-0.2, -0.15) is 0 Å². The predicted molar refractivity (Wildman–Crippen MR) is 69.8 cm³/mol. The van der Waals surface area contributed by atoms with Crippen LogP contribution in [0, 0.1) is 0 Å². The van der Waals surface area contributed by atoms with E-state index in [4.69, 9.17) is 4.74 Å². The number of carbonyl (C=O) groups is 2. The molecule has 0 aliphatic rings. The Labute approximate surface area is 113 Å². The second kappa shape index (κ2) is 8.29. The van der Waals surface area contributed by atoms with Crippen LogP contribution in [0.2, 0.25) is 0 Å². The van der Waals surface area contributed by atoms with E-state index >= 15 is 0 Å². The van der Waals surface area contributed by atoms with Gasteiger partial charge in [0.1, 0.15) is 0 Å². The van der Waals surface area contributed by atoms with E-state index in [1.54, 1.807) is 12.1 Å². The quantitative estimate of drug-likeness (QED) is 0.532. The maximum atomic E-state index is 11.7. The lowest BCUT2D eigenvalue weighted by atomic mass is 10.1. The molecule has 1 aromatic carbocycles. The van der Waals surface area contributed by atoms with Crippen molar-refractivity contribution in [2.24, 2.45) is 0 Å². The minimum atomic E-state index is -1.37. The van der Waals surface area contributed by atoms with Crippen molar-refractivity contribution in [2.45, 2.75) is 39.0 Å². The standard InChI is InChI=1S/C15H20O4/c1-2-3-4-5-8-11-19-15(18)13-10-7-6-9-12(13)14(16)17/h6-7,9-10H,2-5,8,11H2,1H3,(H,16,17)/p-1. The second-order valence-electron chi connectivity index (χ2n) is 4.38. The summed E-state index contributed by atoms with van der Waals surface area (Å²) in [5.41, 5.74) is -0.0745. The number of carbonyl (C=O) groups excluding carboxylic acids is 2. The Balaban J connectivity index is 2.43. The highest BCUT2D eigenvalue weighted by atomic mass is 16.5. The van der Waals surface area contributed by atoms with Crippen molar-refractivity contribution in [3.05, 3.63) is 35.4 Å². The molecule has 0 radical (unpaired) electrons. The first kappa shape index (κ1) is 15.2. The fraction of sp³-hybridized carbons (Fsp3) is 0.467. The van der Waals surface area contributed by atoms with E-state index in [9.17, 15) is 14.7 Å². The number of carboxylic acids is 1. The van der Waals surface area contributed by atoms with Gasteiger partial charge >= 0.3 is 5.97 Å². The number of rotatable bonds is 8. The van der Waals surface area contributed by atoms with Gasteiger partial charge in [0.2, 0.25) is 0 Å². The van der Waals surface area contributed by atoms with Crippen LogP contribution in [-0.2, 0) is 4.74 Å². The summed E-state index contributed by atoms with van der Waals surface area (Å²) in [7, 11) is 0. The normalized spacial score (nSPS) is 10.2. The van der Waals surface area contributed by atoms with Crippen LogP contribution >= 0.6 is 0 Å². The average molecular weight is 263 g/mol. The summed E-state index contributed by atoms with van der Waals surface area (Å²) in [6.07, 6.45) is 5.30. The topological polar surface area (TPSA) is 66.4 Å². The van der Waals surface area contributed by atoms with Crippen molar-refractivity contribution in [3.8, 4) is 0 Å². The molecule has 19 heavy (non-hydrogen) atoms. The van der Waals surface area contributed by atoms with E-state index in [0.717, 1.165) is 19.3 Å². The molecule has 104 valence electrons. The monoisotopic (exact) mass is 263 g/mol. The Morgan fingerprint density at radius 2 is 1.68 bits per heavy atom. The second-order valence-corrected chi connectivity index (χ2v) is 4.38. The van der Waals surface area contributed by atoms with Crippen molar-refractivity contribution >= 4 is 11.9 Å². The molecule has 0 saturated carbocycles. The van der Waals surface area contributed by atoms with Crippen LogP contribution in [0.15, 0.2) is 24.3 Å². The third kappa shape index (κ3) is 5.12. The fourth-order valence-corrected chi connectivity index (χ4v) is 1.79. The summed E-state index contributed by atoms with van der Waals surface area (Å²) < 4.78 is 5.07. The van der Waals surface area contributed by atoms with Crippen molar-refractivity contribution in [1.29, 1.82) is 0 Å². The molecule has 0 fully saturated rings. The maximum absolute atomic E-state index is 11.7. The molecule has 0 saturated heterocycles. The Morgan fingerprint density at radius 3 is 2.32 bits per heavy atom. The first-order chi connectivity index (χ1) is 9.16. The Bertz CT molecular complexity index is 426. The average Bonchev–Trinajstić information content (AvgIpc) is 2.42. The molecule has 4 nitrogen and oxygen atoms in total. The van der Waals surface area contributed by atoms with Crippen LogP contribution in [0.1, 0.15) is 59.7 Å². The zero-order chi connectivity index (χ0) is 14.1. The molecule has 1 aromatic rings. The molecule has 0 amide bonds. The highest BCUT2D eigenvalue weighted by Gasteiger charge is 2.12. The fourth-order valence-electron chi connectivity index (χ4n) is 1.79. The van der Waals surface area contributed by atoms with E-state index in [-0.39, 0.29) is 11.1 Å². The summed E-state index contributed by atoms with van der Waals surface area (Å²) in [5.74, 6) is -1.97. The molecule has 0 aliphatic heterocycles. The Kier molecular flexibility index (Phi) is 6.64. The summed E-state index contributed by atoms with van der Waals surface area (Å²) in [6, 6.07) is 5.93. The van der Waals surface area contributed by atoms with Gasteiger partial charge in [0.05, 0.1) is 18.1 Å². The molecular formula is C15H19O4-. The van der Waals surface area contributed by atoms with Gasteiger partial charge < -0.3 is 14.6 Å². The number of hydrogen-bond donors (Lipinski definition) is 0. The van der Waals surface area contributed by atoms with Gasteiger partial charge in [0, 0.05) is 5.56 Å². The van der Waals surface area contributed by atoms with Gasteiger partial charge in [-0.05, 0) is 12.5 Å². The van der Waals surface area contributed by atoms with Crippen LogP contribution in [0.3, 0.4) is 0 Å². The molecule has 0 aliphatic carbocycles. The van der Waals surface area contributed by atoms with Crippen molar-refractivity contribution in [2.75, 3.05) is 6.61 Å². The zero-order valence-electron chi connectivity index (χ0n) is 11.2. The highest BCUT2D eigenvalue weighted by Crippen LogP contribution is 2.10. The SMILES string of the molecule is CCCCCCCOC(=O)c1ccccc1C(=O)[O-]. The molecule has 0 spiro atoms. The van der Waals surface area contributed by atoms with Gasteiger partial charge in [0.15, 0.2) is 0 Å². The van der Waals surface area contributed by atoms with Crippen LogP contribution in [0.5, 0.6) is 0 Å². The molecular weight excluding hydrogens is 244 g/mol. The Morgan fingerprint density at radius 1 is 1.05 bits per heavy atom. The third-order valence-electron chi connectivity index (χ3n) is 2.85. The number of carboxylic acid groups (broad SMARTS) is 1. The maximum Gasteiger partial charge on any atom is 0.338 e. The van der Waals surface area contributed by atoms with E-state index in [2.05, 4.69) is 6.92 Å². The lowest BCUT2D eigenvalue weighted by Gasteiger charge is -2.09. The number of unbranched alkanes of at least 4 members (excludes halogenated alkanes) is 4. The third-order valence-corrected chi connectivity index (χ3v) is 2.85. The Hall–Kier alpha value is -1.84. The summed E-state index contributed by atoms with van der Waals surface area (Å²) >= 11 is 0. The van der Waals surface area contributed by atoms with Crippen molar-refractivity contribution < 1.29 is 19.4 Å². The van der Waals surface area contributed by atoms with Crippen LogP contribution < -0.4 is 5.11 Å². The zero-order valence-corrected chi connectivity index (χ0v) is 11.2. The number of benzene rings is 1. The number of esters is 1. The molecule has 0 bridgehead atoms. The van der Waals surface area contributed by atoms with Crippen molar-refractivity contribution in [1.82, 2.24) is 0 Å². The van der Waals surface area contributed by atoms with E-state index in [0.29, 0.717) is 6.61 Å². The molecule has 0 unspecified atom stereocenters. The van der Waals surface area contributed by atoms with Crippen LogP contribution in [0.4, 0.5) is 0 Å². The van der Waals surface area contributed by atoms with E-state index < -0.39 is 11.9 Å². The van der Waals surface area contributed by atoms with Gasteiger partial charge in [0.25, 0.3) is 0 Å². The minimum Gasteiger partial charge on any atom is -0.545 e. The van der Waals surface area contributed by atoms with Crippen LogP contribution in [0.25, 0.3) is 0 Å². The van der Waals surface area contributed by atoms with Crippen molar-refractivity contribution in [3.63, 3.8) is 0 Å². The van der Waals surface area contributed by atoms with Gasteiger partial charge in [-0.3, -0.25) is 0 Å². The molecule has 0 N–H and O–H groups in total. The van der Waals surface area contributed by atoms with Gasteiger partial charge in [-0.15, -0.1) is 0 Å². The predicted octanol–water partition coefficient (Wildman–Crippen LogP) is 2.18. The molecule has 0 atom stereocenters. The smallest absolute Gasteiger partial charge is 0.338 e. The summed E-state index contributed by atoms with van der Waals surface area (Å²) in [6.45, 7) is 2.46. The highest BCUT2D eigenvalue weighted by molar-refractivity contribution is 6.01. The van der Waals surface area contributed by atoms with Crippen LogP contribution in [-0.4, -0.2) is 18.5 Å². The lowest BCUT2D eigenvalue weighted by Crippen LogP contribution is -2.25. The first-order valence-corrected chi connectivity index (χ1v) is 6.64. The summed E-state index contributed by atoms with van der Waals surface area (Å²) in [4.78, 5) is 22.6. The number of aromatic carboxylic acids is 1. The molecule has 4 heteroatoms.